The molecule has 0 spiro atoms. The lowest BCUT2D eigenvalue weighted by Gasteiger charge is -2.25. The zero-order valence-corrected chi connectivity index (χ0v) is 20.9. The third-order valence-electron chi connectivity index (χ3n) is 5.17. The molecule has 4 rings (SSSR count). The van der Waals surface area contributed by atoms with Gasteiger partial charge in [-0.3, -0.25) is 4.79 Å². The topological polar surface area (TPSA) is 71.2 Å². The number of anilines is 3. The molecular formula is C25H25ClN5O2S+. The number of hydrogen-bond donors (Lipinski definition) is 1. The van der Waals surface area contributed by atoms with Crippen molar-refractivity contribution in [1.29, 1.82) is 0 Å². The molecule has 0 bridgehead atoms. The highest BCUT2D eigenvalue weighted by molar-refractivity contribution is 7.17. The minimum atomic E-state index is -0.180. The first-order valence-electron chi connectivity index (χ1n) is 10.6. The highest BCUT2D eigenvalue weighted by atomic mass is 35.5. The summed E-state index contributed by atoms with van der Waals surface area (Å²) in [6.07, 6.45) is 5.36. The van der Waals surface area contributed by atoms with E-state index in [1.54, 1.807) is 24.3 Å². The van der Waals surface area contributed by atoms with Crippen LogP contribution < -0.4 is 19.5 Å². The Balaban J connectivity index is 1.65. The third-order valence-corrected chi connectivity index (χ3v) is 6.37. The average Bonchev–Trinajstić information content (AvgIpc) is 3.26. The second-order valence-electron chi connectivity index (χ2n) is 7.86. The monoisotopic (exact) mass is 494 g/mol. The lowest BCUT2D eigenvalue weighted by atomic mass is 10.1. The molecule has 0 aliphatic heterocycles. The van der Waals surface area contributed by atoms with Crippen molar-refractivity contribution < 1.29 is 14.1 Å². The molecule has 0 fully saturated rings. The van der Waals surface area contributed by atoms with Crippen molar-refractivity contribution in [2.24, 2.45) is 7.05 Å². The molecule has 0 saturated heterocycles. The lowest BCUT2D eigenvalue weighted by molar-refractivity contribution is -0.671. The maximum absolute atomic E-state index is 13.7. The van der Waals surface area contributed by atoms with Crippen molar-refractivity contribution in [2.45, 2.75) is 20.4 Å². The Kier molecular flexibility index (Phi) is 7.09. The SMILES string of the molecule is COc1ccc(CN(C(=O)c2cnc(Nc3c[n+](C)cc(C)n3)s2)c2c(C)cccc2Cl)cc1. The number of hydrogen-bond acceptors (Lipinski definition) is 6. The predicted molar refractivity (Wildman–Crippen MR) is 135 cm³/mol. The number of methoxy groups -OCH3 is 1. The first-order valence-corrected chi connectivity index (χ1v) is 11.8. The highest BCUT2D eigenvalue weighted by Gasteiger charge is 2.24. The van der Waals surface area contributed by atoms with Crippen LogP contribution in [0.5, 0.6) is 5.75 Å². The molecule has 174 valence electrons. The van der Waals surface area contributed by atoms with Gasteiger partial charge < -0.3 is 15.0 Å². The van der Waals surface area contributed by atoms with Crippen molar-refractivity contribution in [3.63, 3.8) is 0 Å². The zero-order valence-electron chi connectivity index (χ0n) is 19.4. The van der Waals surface area contributed by atoms with E-state index in [0.29, 0.717) is 33.1 Å². The number of amides is 1. The summed E-state index contributed by atoms with van der Waals surface area (Å²) in [4.78, 5) is 24.8. The van der Waals surface area contributed by atoms with E-state index in [1.165, 1.54) is 11.3 Å². The molecule has 0 unspecified atom stereocenters. The van der Waals surface area contributed by atoms with E-state index in [-0.39, 0.29) is 5.91 Å². The first-order chi connectivity index (χ1) is 16.3. The molecule has 7 nitrogen and oxygen atoms in total. The Morgan fingerprint density at radius 3 is 2.62 bits per heavy atom. The molecule has 1 N–H and O–H groups in total. The molecule has 2 heterocycles. The standard InChI is InChI=1S/C25H24ClN5O2S/c1-16-6-5-7-20(26)23(16)31(14-18-8-10-19(33-4)11-9-18)24(32)21-12-27-25(34-21)29-22-15-30(3)13-17(2)28-22/h5-13,15H,14H2,1-4H3/p+1. The van der Waals surface area contributed by atoms with Gasteiger partial charge in [0.1, 0.15) is 23.4 Å². The molecule has 4 aromatic rings. The van der Waals surface area contributed by atoms with E-state index in [1.807, 2.05) is 74.3 Å². The maximum atomic E-state index is 13.7. The molecule has 0 saturated carbocycles. The van der Waals surface area contributed by atoms with Gasteiger partial charge in [0.05, 0.1) is 30.6 Å². The Morgan fingerprint density at radius 1 is 1.18 bits per heavy atom. The number of benzene rings is 2. The molecule has 2 aromatic carbocycles. The van der Waals surface area contributed by atoms with E-state index in [9.17, 15) is 4.79 Å². The van der Waals surface area contributed by atoms with Gasteiger partial charge >= 0.3 is 0 Å². The fourth-order valence-electron chi connectivity index (χ4n) is 3.64. The van der Waals surface area contributed by atoms with Gasteiger partial charge in [-0.05, 0) is 43.2 Å². The molecule has 2 aromatic heterocycles. The molecule has 0 radical (unpaired) electrons. The van der Waals surface area contributed by atoms with Crippen LogP contribution in [0.15, 0.2) is 61.1 Å². The normalized spacial score (nSPS) is 10.7. The maximum Gasteiger partial charge on any atom is 0.270 e. The minimum absolute atomic E-state index is 0.180. The van der Waals surface area contributed by atoms with Gasteiger partial charge in [0.15, 0.2) is 17.1 Å². The average molecular weight is 495 g/mol. The summed E-state index contributed by atoms with van der Waals surface area (Å²) < 4.78 is 7.18. The Hall–Kier alpha value is -3.49. The number of nitrogens with one attached hydrogen (secondary N) is 1. The van der Waals surface area contributed by atoms with Crippen molar-refractivity contribution in [3.8, 4) is 5.75 Å². The second kappa shape index (κ2) is 10.2. The Labute approximate surface area is 207 Å². The van der Waals surface area contributed by atoms with Gasteiger partial charge in [0.2, 0.25) is 6.20 Å². The van der Waals surface area contributed by atoms with Crippen molar-refractivity contribution >= 4 is 45.5 Å². The molecule has 0 aliphatic carbocycles. The van der Waals surface area contributed by atoms with Crippen LogP contribution in [0.1, 0.15) is 26.5 Å². The number of halogens is 1. The van der Waals surface area contributed by atoms with Crippen molar-refractivity contribution in [1.82, 2.24) is 9.97 Å². The van der Waals surface area contributed by atoms with Gasteiger partial charge in [0, 0.05) is 0 Å². The molecule has 1 amide bonds. The number of thiazole rings is 1. The van der Waals surface area contributed by atoms with Crippen LogP contribution in [0.3, 0.4) is 0 Å². The molecule has 0 aliphatic rings. The van der Waals surface area contributed by atoms with E-state index < -0.39 is 0 Å². The molecule has 9 heteroatoms. The molecular weight excluding hydrogens is 470 g/mol. The summed E-state index contributed by atoms with van der Waals surface area (Å²) in [7, 11) is 3.55. The summed E-state index contributed by atoms with van der Waals surface area (Å²) in [5.74, 6) is 1.24. The van der Waals surface area contributed by atoms with E-state index >= 15 is 0 Å². The van der Waals surface area contributed by atoms with Crippen LogP contribution in [0.25, 0.3) is 0 Å². The smallest absolute Gasteiger partial charge is 0.270 e. The molecule has 0 atom stereocenters. The van der Waals surface area contributed by atoms with Crippen LogP contribution in [-0.2, 0) is 13.6 Å². The van der Waals surface area contributed by atoms with Crippen LogP contribution in [0.4, 0.5) is 16.6 Å². The van der Waals surface area contributed by atoms with Crippen molar-refractivity contribution in [3.05, 3.63) is 87.8 Å². The number of para-hydroxylation sites is 1. The number of ether oxygens (including phenoxy) is 1. The summed E-state index contributed by atoms with van der Waals surface area (Å²) in [5.41, 5.74) is 3.42. The predicted octanol–water partition coefficient (Wildman–Crippen LogP) is 5.23. The summed E-state index contributed by atoms with van der Waals surface area (Å²) in [6.45, 7) is 4.22. The number of nitrogens with zero attached hydrogens (tertiary/aromatic N) is 4. The zero-order chi connectivity index (χ0) is 24.2. The summed E-state index contributed by atoms with van der Waals surface area (Å²) >= 11 is 7.84. The van der Waals surface area contributed by atoms with E-state index in [0.717, 1.165) is 22.6 Å². The van der Waals surface area contributed by atoms with Gasteiger partial charge in [-0.25, -0.2) is 14.5 Å². The second-order valence-corrected chi connectivity index (χ2v) is 9.30. The highest BCUT2D eigenvalue weighted by Crippen LogP contribution is 2.33. The number of rotatable bonds is 7. The van der Waals surface area contributed by atoms with Gasteiger partial charge in [0.25, 0.3) is 5.91 Å². The quantitative estimate of drug-likeness (QED) is 0.356. The number of aromatic nitrogens is 3. The minimum Gasteiger partial charge on any atom is -0.497 e. The van der Waals surface area contributed by atoms with Crippen LogP contribution in [0, 0.1) is 13.8 Å². The van der Waals surface area contributed by atoms with E-state index in [2.05, 4.69) is 15.3 Å². The first kappa shape index (κ1) is 23.7. The lowest BCUT2D eigenvalue weighted by Crippen LogP contribution is -2.30. The number of carbonyl (C=O) groups excluding carboxylic acids is 1. The van der Waals surface area contributed by atoms with Crippen molar-refractivity contribution in [2.75, 3.05) is 17.3 Å². The fourth-order valence-corrected chi connectivity index (χ4v) is 4.73. The van der Waals surface area contributed by atoms with Gasteiger partial charge in [-0.1, -0.05) is 47.2 Å². The Morgan fingerprint density at radius 2 is 1.94 bits per heavy atom. The third kappa shape index (κ3) is 5.35. The van der Waals surface area contributed by atoms with Crippen LogP contribution >= 0.6 is 22.9 Å². The fraction of sp³-hybridized carbons (Fsp3) is 0.200. The largest absolute Gasteiger partial charge is 0.497 e. The van der Waals surface area contributed by atoms with Gasteiger partial charge in [-0.15, -0.1) is 0 Å². The number of carbonyl (C=O) groups is 1. The van der Waals surface area contributed by atoms with E-state index in [4.69, 9.17) is 16.3 Å². The molecule has 34 heavy (non-hydrogen) atoms. The Bertz CT molecular complexity index is 1280. The van der Waals surface area contributed by atoms with Crippen LogP contribution in [0.2, 0.25) is 5.02 Å². The summed E-state index contributed by atoms with van der Waals surface area (Å²) in [6, 6.07) is 13.2. The number of aryl methyl sites for hydroxylation is 3. The van der Waals surface area contributed by atoms with Gasteiger partial charge in [-0.2, -0.15) is 0 Å². The summed E-state index contributed by atoms with van der Waals surface area (Å²) in [5, 5.41) is 4.29. The van der Waals surface area contributed by atoms with Crippen LogP contribution in [-0.4, -0.2) is 23.0 Å².